The van der Waals surface area contributed by atoms with Crippen molar-refractivity contribution in [2.75, 3.05) is 18.0 Å². The molecule has 166 valence electrons. The Labute approximate surface area is 187 Å². The Morgan fingerprint density at radius 1 is 1.21 bits per heavy atom. The number of pyridine rings is 1. The molecule has 0 bridgehead atoms. The molecular formula is C24H20F2N6O. The fraction of sp³-hybridized carbons (Fsp3) is 0.333. The minimum Gasteiger partial charge on any atom is -0.389 e. The summed E-state index contributed by atoms with van der Waals surface area (Å²) in [5.74, 6) is 1.14. The Balaban J connectivity index is 1.65. The Morgan fingerprint density at radius 2 is 2.00 bits per heavy atom. The lowest BCUT2D eigenvalue weighted by Crippen LogP contribution is -2.51. The summed E-state index contributed by atoms with van der Waals surface area (Å²) < 4.78 is 28.7. The van der Waals surface area contributed by atoms with E-state index < -0.39 is 18.2 Å². The number of aliphatic hydroxyl groups excluding tert-OH is 1. The van der Waals surface area contributed by atoms with Crippen molar-refractivity contribution in [2.24, 2.45) is 0 Å². The summed E-state index contributed by atoms with van der Waals surface area (Å²) in [6, 6.07) is 10.0. The van der Waals surface area contributed by atoms with E-state index in [4.69, 9.17) is 0 Å². The standard InChI is InChI=1S/C24H20F2N6O/c1-12-20(17-6-7-28-19-8-14(13-2-3-13)4-5-16(17)19)24(31-10-15(33)11-31)32-23(29-12)18(9-27)21(30-32)22(25)26/h4-8,13,15,22,33H,2-3,10-11H2,1H3. The van der Waals surface area contributed by atoms with E-state index >= 15 is 0 Å². The molecule has 1 saturated carbocycles. The normalized spacial score (nSPS) is 16.5. The molecule has 0 amide bonds. The predicted molar refractivity (Wildman–Crippen MR) is 118 cm³/mol. The maximum absolute atomic E-state index is 13.7. The van der Waals surface area contributed by atoms with Crippen LogP contribution in [0.3, 0.4) is 0 Å². The first-order valence-electron chi connectivity index (χ1n) is 10.9. The molecule has 4 heterocycles. The number of β-amino-alcohol motifs (C(OH)–C–C–N with tert-alkyl or cyclic N) is 1. The first-order chi connectivity index (χ1) is 16.0. The maximum Gasteiger partial charge on any atom is 0.283 e. The molecule has 2 fully saturated rings. The van der Waals surface area contributed by atoms with Crippen LogP contribution in [0.4, 0.5) is 14.6 Å². The molecule has 1 aliphatic carbocycles. The largest absolute Gasteiger partial charge is 0.389 e. The van der Waals surface area contributed by atoms with Crippen molar-refractivity contribution in [1.29, 1.82) is 5.26 Å². The van der Waals surface area contributed by atoms with Crippen LogP contribution in [0.2, 0.25) is 0 Å². The first kappa shape index (κ1) is 20.0. The number of benzene rings is 1. The molecule has 6 rings (SSSR count). The van der Waals surface area contributed by atoms with Crippen molar-refractivity contribution < 1.29 is 13.9 Å². The van der Waals surface area contributed by atoms with Gasteiger partial charge >= 0.3 is 0 Å². The van der Waals surface area contributed by atoms with Gasteiger partial charge in [-0.3, -0.25) is 4.98 Å². The van der Waals surface area contributed by atoms with Crippen LogP contribution in [0.5, 0.6) is 0 Å². The van der Waals surface area contributed by atoms with Crippen molar-refractivity contribution in [2.45, 2.75) is 38.2 Å². The third-order valence-electron chi connectivity index (χ3n) is 6.51. The number of hydrogen-bond acceptors (Lipinski definition) is 6. The van der Waals surface area contributed by atoms with Crippen LogP contribution in [-0.2, 0) is 0 Å². The highest BCUT2D eigenvalue weighted by Crippen LogP contribution is 2.43. The van der Waals surface area contributed by atoms with Gasteiger partial charge in [0.2, 0.25) is 0 Å². The Kier molecular flexibility index (Phi) is 4.35. The molecule has 9 heteroatoms. The fourth-order valence-electron chi connectivity index (χ4n) is 4.71. The number of alkyl halides is 2. The van der Waals surface area contributed by atoms with Gasteiger partial charge in [-0.2, -0.15) is 14.9 Å². The van der Waals surface area contributed by atoms with E-state index in [-0.39, 0.29) is 11.2 Å². The van der Waals surface area contributed by atoms with Gasteiger partial charge in [0.05, 0.1) is 17.3 Å². The molecule has 7 nitrogen and oxygen atoms in total. The SMILES string of the molecule is Cc1nc2c(C#N)c(C(F)F)nn2c(N2CC(O)C2)c1-c1ccnc2cc(C3CC3)ccc12. The molecule has 1 aliphatic heterocycles. The van der Waals surface area contributed by atoms with E-state index in [0.717, 1.165) is 22.0 Å². The van der Waals surface area contributed by atoms with E-state index in [1.54, 1.807) is 13.1 Å². The zero-order valence-electron chi connectivity index (χ0n) is 17.8. The third-order valence-corrected chi connectivity index (χ3v) is 6.51. The number of hydrogen-bond donors (Lipinski definition) is 1. The number of nitrogens with zero attached hydrogens (tertiary/aromatic N) is 6. The van der Waals surface area contributed by atoms with Crippen molar-refractivity contribution in [1.82, 2.24) is 19.6 Å². The topological polar surface area (TPSA) is 90.3 Å². The van der Waals surface area contributed by atoms with Crippen molar-refractivity contribution in [3.8, 4) is 17.2 Å². The average molecular weight is 446 g/mol. The van der Waals surface area contributed by atoms with Crippen LogP contribution in [0.15, 0.2) is 30.5 Å². The predicted octanol–water partition coefficient (Wildman–Crippen LogP) is 4.12. The highest BCUT2D eigenvalue weighted by molar-refractivity contribution is 5.99. The lowest BCUT2D eigenvalue weighted by Gasteiger charge is -2.39. The average Bonchev–Trinajstić information content (AvgIpc) is 3.56. The van der Waals surface area contributed by atoms with Gasteiger partial charge in [-0.05, 0) is 48.9 Å². The summed E-state index contributed by atoms with van der Waals surface area (Å²) in [6.45, 7) is 2.48. The number of aryl methyl sites for hydroxylation is 1. The smallest absolute Gasteiger partial charge is 0.283 e. The number of anilines is 1. The summed E-state index contributed by atoms with van der Waals surface area (Å²) in [4.78, 5) is 11.0. The lowest BCUT2D eigenvalue weighted by molar-refractivity contribution is 0.140. The second-order valence-electron chi connectivity index (χ2n) is 8.77. The monoisotopic (exact) mass is 446 g/mol. The van der Waals surface area contributed by atoms with Gasteiger partial charge in [0.15, 0.2) is 5.65 Å². The summed E-state index contributed by atoms with van der Waals surface area (Å²) in [5.41, 5.74) is 3.60. The fourth-order valence-corrected chi connectivity index (χ4v) is 4.71. The van der Waals surface area contributed by atoms with Crippen LogP contribution >= 0.6 is 0 Å². The Morgan fingerprint density at radius 3 is 2.67 bits per heavy atom. The second-order valence-corrected chi connectivity index (χ2v) is 8.77. The van der Waals surface area contributed by atoms with Crippen LogP contribution in [0, 0.1) is 18.3 Å². The zero-order valence-corrected chi connectivity index (χ0v) is 17.8. The second kappa shape index (κ2) is 7.18. The third kappa shape index (κ3) is 3.05. The van der Waals surface area contributed by atoms with Crippen molar-refractivity contribution in [3.63, 3.8) is 0 Å². The van der Waals surface area contributed by atoms with Gasteiger partial charge in [-0.1, -0.05) is 12.1 Å². The van der Waals surface area contributed by atoms with Gasteiger partial charge in [0.25, 0.3) is 6.43 Å². The molecule has 0 unspecified atom stereocenters. The van der Waals surface area contributed by atoms with E-state index in [9.17, 15) is 19.1 Å². The number of fused-ring (bicyclic) bond motifs is 2. The molecular weight excluding hydrogens is 426 g/mol. The van der Waals surface area contributed by atoms with E-state index in [2.05, 4.69) is 33.3 Å². The molecule has 1 N–H and O–H groups in total. The molecule has 1 aromatic carbocycles. The quantitative estimate of drug-likeness (QED) is 0.507. The van der Waals surface area contributed by atoms with Crippen molar-refractivity contribution in [3.05, 3.63) is 53.0 Å². The van der Waals surface area contributed by atoms with Gasteiger partial charge in [-0.15, -0.1) is 0 Å². The molecule has 33 heavy (non-hydrogen) atoms. The highest BCUT2D eigenvalue weighted by Gasteiger charge is 2.33. The summed E-state index contributed by atoms with van der Waals surface area (Å²) in [5, 5.41) is 24.6. The van der Waals surface area contributed by atoms with Crippen LogP contribution in [-0.4, -0.2) is 43.9 Å². The minimum atomic E-state index is -2.90. The molecule has 0 radical (unpaired) electrons. The first-order valence-corrected chi connectivity index (χ1v) is 10.9. The molecule has 0 spiro atoms. The molecule has 3 aromatic heterocycles. The lowest BCUT2D eigenvalue weighted by atomic mass is 9.97. The van der Waals surface area contributed by atoms with Crippen LogP contribution in [0.1, 0.15) is 47.7 Å². The Bertz CT molecular complexity index is 1460. The van der Waals surface area contributed by atoms with Gasteiger partial charge in [-0.25, -0.2) is 13.8 Å². The number of halogens is 2. The number of aliphatic hydroxyl groups is 1. The van der Waals surface area contributed by atoms with E-state index in [1.165, 1.54) is 22.9 Å². The maximum atomic E-state index is 13.7. The minimum absolute atomic E-state index is 0.0971. The Hall–Kier alpha value is -3.64. The van der Waals surface area contributed by atoms with E-state index in [1.807, 2.05) is 17.0 Å². The number of aromatic nitrogens is 4. The number of rotatable bonds is 4. The highest BCUT2D eigenvalue weighted by atomic mass is 19.3. The summed E-state index contributed by atoms with van der Waals surface area (Å²) >= 11 is 0. The van der Waals surface area contributed by atoms with Gasteiger partial charge in [0, 0.05) is 30.2 Å². The van der Waals surface area contributed by atoms with E-state index in [0.29, 0.717) is 30.5 Å². The summed E-state index contributed by atoms with van der Waals surface area (Å²) in [7, 11) is 0. The molecule has 1 saturated heterocycles. The van der Waals surface area contributed by atoms with Gasteiger partial charge < -0.3 is 10.0 Å². The van der Waals surface area contributed by atoms with Crippen molar-refractivity contribution >= 4 is 22.4 Å². The molecule has 2 aliphatic rings. The molecule has 4 aromatic rings. The van der Waals surface area contributed by atoms with Gasteiger partial charge in [0.1, 0.15) is 23.1 Å². The zero-order chi connectivity index (χ0) is 22.9. The molecule has 0 atom stereocenters. The van der Waals surface area contributed by atoms with Crippen LogP contribution in [0.25, 0.3) is 27.7 Å². The summed E-state index contributed by atoms with van der Waals surface area (Å²) in [6.07, 6.45) is 0.708. The van der Waals surface area contributed by atoms with Crippen LogP contribution < -0.4 is 4.90 Å². The number of nitriles is 1.